The lowest BCUT2D eigenvalue weighted by Gasteiger charge is -2.33. The highest BCUT2D eigenvalue weighted by Gasteiger charge is 2.22. The molecule has 0 unspecified atom stereocenters. The zero-order valence-electron chi connectivity index (χ0n) is 13.6. The summed E-state index contributed by atoms with van der Waals surface area (Å²) in [5.74, 6) is 1.39. The molecule has 1 saturated heterocycles. The van der Waals surface area contributed by atoms with Gasteiger partial charge < -0.3 is 9.84 Å². The third kappa shape index (κ3) is 4.77. The molecule has 5 nitrogen and oxygen atoms in total. The number of halogens is 1. The fraction of sp³-hybridized carbons (Fsp3) is 0.529. The highest BCUT2D eigenvalue weighted by atomic mass is 35.5. The number of benzene rings is 1. The molecule has 1 fully saturated rings. The Kier molecular flexibility index (Phi) is 7.02. The predicted octanol–water partition coefficient (Wildman–Crippen LogP) is 3.12. The second-order valence-corrected chi connectivity index (χ2v) is 5.83. The largest absolute Gasteiger partial charge is 0.334 e. The summed E-state index contributed by atoms with van der Waals surface area (Å²) >= 11 is 0. The molecule has 6 heteroatoms. The summed E-state index contributed by atoms with van der Waals surface area (Å²) < 4.78 is 5.42. The Morgan fingerprint density at radius 3 is 2.65 bits per heavy atom. The number of rotatable bonds is 6. The van der Waals surface area contributed by atoms with Crippen molar-refractivity contribution in [2.45, 2.75) is 38.8 Å². The SMILES string of the molecule is CCCN(Cc1noc(-c2ccccc2)n1)C1CCNCC1.Cl. The Hall–Kier alpha value is -1.43. The zero-order valence-corrected chi connectivity index (χ0v) is 14.4. The minimum atomic E-state index is 0. The Morgan fingerprint density at radius 2 is 1.96 bits per heavy atom. The Labute approximate surface area is 143 Å². The first kappa shape index (κ1) is 17.9. The highest BCUT2D eigenvalue weighted by Crippen LogP contribution is 2.19. The topological polar surface area (TPSA) is 54.2 Å². The lowest BCUT2D eigenvalue weighted by Crippen LogP contribution is -2.43. The third-order valence-electron chi connectivity index (χ3n) is 4.17. The number of hydrogen-bond acceptors (Lipinski definition) is 5. The molecule has 1 aromatic carbocycles. The molecule has 0 atom stereocenters. The van der Waals surface area contributed by atoms with Crippen LogP contribution in [0.4, 0.5) is 0 Å². The summed E-state index contributed by atoms with van der Waals surface area (Å²) in [5.41, 5.74) is 0.977. The predicted molar refractivity (Wildman–Crippen MR) is 93.6 cm³/mol. The molecule has 2 aromatic rings. The molecule has 0 aliphatic carbocycles. The van der Waals surface area contributed by atoms with E-state index in [0.717, 1.165) is 44.0 Å². The van der Waals surface area contributed by atoms with Gasteiger partial charge in [0.1, 0.15) is 0 Å². The summed E-state index contributed by atoms with van der Waals surface area (Å²) in [7, 11) is 0. The van der Waals surface area contributed by atoms with Gasteiger partial charge in [-0.25, -0.2) is 0 Å². The molecule has 1 N–H and O–H groups in total. The van der Waals surface area contributed by atoms with Crippen molar-refractivity contribution >= 4 is 12.4 Å². The van der Waals surface area contributed by atoms with Gasteiger partial charge in [0.05, 0.1) is 6.54 Å². The average Bonchev–Trinajstić information content (AvgIpc) is 3.05. The van der Waals surface area contributed by atoms with E-state index in [2.05, 4.69) is 27.3 Å². The van der Waals surface area contributed by atoms with E-state index in [9.17, 15) is 0 Å². The van der Waals surface area contributed by atoms with Crippen LogP contribution in [0.25, 0.3) is 11.5 Å². The number of hydrogen-bond donors (Lipinski definition) is 1. The van der Waals surface area contributed by atoms with Crippen molar-refractivity contribution in [1.29, 1.82) is 0 Å². The van der Waals surface area contributed by atoms with Crippen LogP contribution in [-0.4, -0.2) is 40.7 Å². The van der Waals surface area contributed by atoms with E-state index in [0.29, 0.717) is 11.9 Å². The maximum Gasteiger partial charge on any atom is 0.257 e. The van der Waals surface area contributed by atoms with Gasteiger partial charge in [0.15, 0.2) is 5.82 Å². The van der Waals surface area contributed by atoms with E-state index in [1.165, 1.54) is 12.8 Å². The number of aromatic nitrogens is 2. The molecule has 1 aromatic heterocycles. The lowest BCUT2D eigenvalue weighted by atomic mass is 10.0. The number of nitrogens with zero attached hydrogens (tertiary/aromatic N) is 3. The zero-order chi connectivity index (χ0) is 15.2. The van der Waals surface area contributed by atoms with Crippen molar-refractivity contribution in [2.75, 3.05) is 19.6 Å². The van der Waals surface area contributed by atoms with Crippen molar-refractivity contribution in [1.82, 2.24) is 20.4 Å². The molecule has 0 amide bonds. The minimum Gasteiger partial charge on any atom is -0.334 e. The molecule has 0 saturated carbocycles. The molecular weight excluding hydrogens is 312 g/mol. The van der Waals surface area contributed by atoms with Crippen LogP contribution in [0.2, 0.25) is 0 Å². The van der Waals surface area contributed by atoms with Crippen LogP contribution in [0.5, 0.6) is 0 Å². The van der Waals surface area contributed by atoms with Crippen molar-refractivity contribution in [3.8, 4) is 11.5 Å². The second-order valence-electron chi connectivity index (χ2n) is 5.83. The van der Waals surface area contributed by atoms with Gasteiger partial charge in [0.25, 0.3) is 5.89 Å². The summed E-state index contributed by atoms with van der Waals surface area (Å²) in [4.78, 5) is 7.06. The summed E-state index contributed by atoms with van der Waals surface area (Å²) in [6.45, 7) is 6.28. The molecule has 0 bridgehead atoms. The van der Waals surface area contributed by atoms with Crippen LogP contribution in [-0.2, 0) is 6.54 Å². The highest BCUT2D eigenvalue weighted by molar-refractivity contribution is 5.85. The number of piperidine rings is 1. The molecule has 2 heterocycles. The normalized spacial score (nSPS) is 15.6. The van der Waals surface area contributed by atoms with E-state index in [1.54, 1.807) is 0 Å². The fourth-order valence-electron chi connectivity index (χ4n) is 3.05. The van der Waals surface area contributed by atoms with Gasteiger partial charge in [-0.1, -0.05) is 30.3 Å². The Balaban J connectivity index is 0.00000192. The van der Waals surface area contributed by atoms with E-state index in [1.807, 2.05) is 30.3 Å². The van der Waals surface area contributed by atoms with Gasteiger partial charge in [-0.15, -0.1) is 12.4 Å². The molecule has 23 heavy (non-hydrogen) atoms. The van der Waals surface area contributed by atoms with Crippen LogP contribution in [0.15, 0.2) is 34.9 Å². The number of nitrogens with one attached hydrogen (secondary N) is 1. The lowest BCUT2D eigenvalue weighted by molar-refractivity contribution is 0.149. The second kappa shape index (κ2) is 9.01. The first-order valence-corrected chi connectivity index (χ1v) is 8.19. The van der Waals surface area contributed by atoms with Gasteiger partial charge in [-0.3, -0.25) is 4.90 Å². The van der Waals surface area contributed by atoms with Gasteiger partial charge in [0.2, 0.25) is 0 Å². The van der Waals surface area contributed by atoms with Gasteiger partial charge >= 0.3 is 0 Å². The van der Waals surface area contributed by atoms with E-state index >= 15 is 0 Å². The molecule has 1 aliphatic heterocycles. The van der Waals surface area contributed by atoms with Crippen LogP contribution < -0.4 is 5.32 Å². The van der Waals surface area contributed by atoms with Crippen molar-refractivity contribution in [2.24, 2.45) is 0 Å². The van der Waals surface area contributed by atoms with Crippen molar-refractivity contribution in [3.05, 3.63) is 36.2 Å². The van der Waals surface area contributed by atoms with Crippen LogP contribution in [0.3, 0.4) is 0 Å². The van der Waals surface area contributed by atoms with E-state index < -0.39 is 0 Å². The fourth-order valence-corrected chi connectivity index (χ4v) is 3.05. The first-order valence-electron chi connectivity index (χ1n) is 8.19. The Morgan fingerprint density at radius 1 is 1.22 bits per heavy atom. The summed E-state index contributed by atoms with van der Waals surface area (Å²) in [6, 6.07) is 10.6. The maximum absolute atomic E-state index is 5.42. The smallest absolute Gasteiger partial charge is 0.257 e. The monoisotopic (exact) mass is 336 g/mol. The summed E-state index contributed by atoms with van der Waals surface area (Å²) in [6.07, 6.45) is 3.54. The molecule has 3 rings (SSSR count). The maximum atomic E-state index is 5.42. The van der Waals surface area contributed by atoms with Crippen LogP contribution >= 0.6 is 12.4 Å². The van der Waals surface area contributed by atoms with Crippen molar-refractivity contribution in [3.63, 3.8) is 0 Å². The Bertz CT molecular complexity index is 569. The molecule has 126 valence electrons. The molecule has 0 spiro atoms. The van der Waals surface area contributed by atoms with Crippen LogP contribution in [0.1, 0.15) is 32.0 Å². The van der Waals surface area contributed by atoms with Gasteiger partial charge in [-0.2, -0.15) is 4.98 Å². The third-order valence-corrected chi connectivity index (χ3v) is 4.17. The quantitative estimate of drug-likeness (QED) is 0.878. The van der Waals surface area contributed by atoms with Crippen molar-refractivity contribution < 1.29 is 4.52 Å². The van der Waals surface area contributed by atoms with E-state index in [-0.39, 0.29) is 12.4 Å². The van der Waals surface area contributed by atoms with Gasteiger partial charge in [-0.05, 0) is 51.0 Å². The summed E-state index contributed by atoms with van der Waals surface area (Å²) in [5, 5.41) is 7.59. The van der Waals surface area contributed by atoms with Crippen LogP contribution in [0, 0.1) is 0 Å². The average molecular weight is 337 g/mol. The van der Waals surface area contributed by atoms with E-state index in [4.69, 9.17) is 4.52 Å². The standard InChI is InChI=1S/C17H24N4O.ClH/c1-2-12-21(15-8-10-18-11-9-15)13-16-19-17(22-20-16)14-6-4-3-5-7-14;/h3-7,15,18H,2,8-13H2,1H3;1H. The molecular formula is C17H25ClN4O. The van der Waals surface area contributed by atoms with Gasteiger partial charge in [0, 0.05) is 11.6 Å². The molecule has 0 radical (unpaired) electrons. The molecule has 1 aliphatic rings. The first-order chi connectivity index (χ1) is 10.9. The minimum absolute atomic E-state index is 0.